The molecule has 5 heteroatoms. The van der Waals surface area contributed by atoms with E-state index < -0.39 is 0 Å². The predicted octanol–water partition coefficient (Wildman–Crippen LogP) is 2.62. The Balaban J connectivity index is 1.95. The first kappa shape index (κ1) is 17.2. The minimum Gasteiger partial charge on any atom is -0.352 e. The van der Waals surface area contributed by atoms with Crippen LogP contribution in [-0.4, -0.2) is 18.4 Å². The van der Waals surface area contributed by atoms with Crippen LogP contribution in [0.1, 0.15) is 24.5 Å². The maximum Gasteiger partial charge on any atom is 0.223 e. The standard InChI is InChI=1S/C19H19N3O2/c1-15(23)22(18-10-6-5-9-17(18)13-20)12-11-19(24)21-14-16-7-3-2-4-8-16/h2-10H,11-12,14H2,1H3,(H,21,24). The second kappa shape index (κ2) is 8.49. The van der Waals surface area contributed by atoms with Gasteiger partial charge in [-0.2, -0.15) is 5.26 Å². The van der Waals surface area contributed by atoms with Crippen LogP contribution in [-0.2, 0) is 16.1 Å². The molecule has 2 aromatic rings. The van der Waals surface area contributed by atoms with E-state index in [9.17, 15) is 9.59 Å². The lowest BCUT2D eigenvalue weighted by molar-refractivity contribution is -0.121. The third kappa shape index (κ3) is 4.68. The number of carbonyl (C=O) groups is 2. The number of carbonyl (C=O) groups excluding carboxylic acids is 2. The molecule has 0 heterocycles. The monoisotopic (exact) mass is 321 g/mol. The van der Waals surface area contributed by atoms with E-state index in [0.29, 0.717) is 17.8 Å². The van der Waals surface area contributed by atoms with Gasteiger partial charge in [-0.05, 0) is 17.7 Å². The number of para-hydroxylation sites is 1. The van der Waals surface area contributed by atoms with Gasteiger partial charge in [0.05, 0.1) is 11.3 Å². The molecule has 2 rings (SSSR count). The predicted molar refractivity (Wildman–Crippen MR) is 92.1 cm³/mol. The van der Waals surface area contributed by atoms with Crippen molar-refractivity contribution in [3.05, 3.63) is 65.7 Å². The first-order chi connectivity index (χ1) is 11.6. The highest BCUT2D eigenvalue weighted by atomic mass is 16.2. The number of nitrogens with one attached hydrogen (secondary N) is 1. The average molecular weight is 321 g/mol. The van der Waals surface area contributed by atoms with E-state index in [1.54, 1.807) is 24.3 Å². The lowest BCUT2D eigenvalue weighted by Crippen LogP contribution is -2.34. The number of benzene rings is 2. The number of anilines is 1. The molecule has 0 aromatic heterocycles. The molecule has 0 bridgehead atoms. The molecular weight excluding hydrogens is 302 g/mol. The van der Waals surface area contributed by atoms with Gasteiger partial charge in [-0.1, -0.05) is 42.5 Å². The van der Waals surface area contributed by atoms with E-state index in [4.69, 9.17) is 5.26 Å². The molecule has 1 N–H and O–H groups in total. The molecule has 0 radical (unpaired) electrons. The van der Waals surface area contributed by atoms with Crippen LogP contribution < -0.4 is 10.2 Å². The molecule has 122 valence electrons. The molecule has 2 aromatic carbocycles. The zero-order valence-corrected chi connectivity index (χ0v) is 13.5. The van der Waals surface area contributed by atoms with Gasteiger partial charge in [0, 0.05) is 26.4 Å². The Morgan fingerprint density at radius 1 is 1.08 bits per heavy atom. The van der Waals surface area contributed by atoms with Gasteiger partial charge in [-0.25, -0.2) is 0 Å². The van der Waals surface area contributed by atoms with Crippen molar-refractivity contribution in [2.75, 3.05) is 11.4 Å². The molecule has 0 saturated heterocycles. The van der Waals surface area contributed by atoms with Gasteiger partial charge in [-0.15, -0.1) is 0 Å². The number of hydrogen-bond acceptors (Lipinski definition) is 3. The second-order valence-corrected chi connectivity index (χ2v) is 5.31. The van der Waals surface area contributed by atoms with E-state index in [1.165, 1.54) is 11.8 Å². The SMILES string of the molecule is CC(=O)N(CCC(=O)NCc1ccccc1)c1ccccc1C#N. The van der Waals surface area contributed by atoms with Crippen LogP contribution in [0.25, 0.3) is 0 Å². The summed E-state index contributed by atoms with van der Waals surface area (Å²) in [5.74, 6) is -0.340. The Kier molecular flexibility index (Phi) is 6.09. The molecule has 0 unspecified atom stereocenters. The maximum absolute atomic E-state index is 12.0. The van der Waals surface area contributed by atoms with Crippen LogP contribution in [0.5, 0.6) is 0 Å². The highest BCUT2D eigenvalue weighted by molar-refractivity contribution is 5.93. The molecule has 5 nitrogen and oxygen atoms in total. The lowest BCUT2D eigenvalue weighted by atomic mass is 10.1. The molecule has 0 saturated carbocycles. The average Bonchev–Trinajstić information content (AvgIpc) is 2.61. The summed E-state index contributed by atoms with van der Waals surface area (Å²) in [5.41, 5.74) is 1.96. The summed E-state index contributed by atoms with van der Waals surface area (Å²) >= 11 is 0. The van der Waals surface area contributed by atoms with Crippen LogP contribution in [0.4, 0.5) is 5.69 Å². The van der Waals surface area contributed by atoms with Gasteiger partial charge >= 0.3 is 0 Å². The molecule has 0 fully saturated rings. The topological polar surface area (TPSA) is 73.2 Å². The minimum atomic E-state index is -0.200. The van der Waals surface area contributed by atoms with Gasteiger partial charge in [0.15, 0.2) is 0 Å². The quantitative estimate of drug-likeness (QED) is 0.889. The van der Waals surface area contributed by atoms with Gasteiger partial charge in [0.2, 0.25) is 11.8 Å². The molecule has 0 aliphatic heterocycles. The van der Waals surface area contributed by atoms with Crippen molar-refractivity contribution in [1.29, 1.82) is 5.26 Å². The highest BCUT2D eigenvalue weighted by Gasteiger charge is 2.16. The van der Waals surface area contributed by atoms with Crippen LogP contribution in [0.3, 0.4) is 0 Å². The molecule has 0 aliphatic rings. The third-order valence-corrected chi connectivity index (χ3v) is 3.59. The third-order valence-electron chi connectivity index (χ3n) is 3.59. The van der Waals surface area contributed by atoms with Crippen LogP contribution in [0, 0.1) is 11.3 Å². The normalized spacial score (nSPS) is 9.83. The van der Waals surface area contributed by atoms with Crippen molar-refractivity contribution in [2.24, 2.45) is 0 Å². The number of nitrogens with zero attached hydrogens (tertiary/aromatic N) is 2. The molecule has 0 atom stereocenters. The molecule has 0 spiro atoms. The van der Waals surface area contributed by atoms with Crippen LogP contribution in [0.15, 0.2) is 54.6 Å². The van der Waals surface area contributed by atoms with E-state index >= 15 is 0 Å². The van der Waals surface area contributed by atoms with Crippen molar-refractivity contribution >= 4 is 17.5 Å². The number of nitriles is 1. The first-order valence-corrected chi connectivity index (χ1v) is 7.69. The Labute approximate surface area is 141 Å². The molecule has 2 amide bonds. The molecule has 24 heavy (non-hydrogen) atoms. The summed E-state index contributed by atoms with van der Waals surface area (Å²) in [6, 6.07) is 18.6. The van der Waals surface area contributed by atoms with E-state index in [-0.39, 0.29) is 24.8 Å². The zero-order chi connectivity index (χ0) is 17.4. The van der Waals surface area contributed by atoms with Crippen molar-refractivity contribution in [2.45, 2.75) is 19.9 Å². The summed E-state index contributed by atoms with van der Waals surface area (Å²) in [4.78, 5) is 25.4. The van der Waals surface area contributed by atoms with Gasteiger partial charge in [-0.3, -0.25) is 9.59 Å². The molecular formula is C19H19N3O2. The largest absolute Gasteiger partial charge is 0.352 e. The van der Waals surface area contributed by atoms with E-state index in [2.05, 4.69) is 11.4 Å². The lowest BCUT2D eigenvalue weighted by Gasteiger charge is -2.22. The van der Waals surface area contributed by atoms with Crippen molar-refractivity contribution in [1.82, 2.24) is 5.32 Å². The van der Waals surface area contributed by atoms with Crippen molar-refractivity contribution in [3.63, 3.8) is 0 Å². The second-order valence-electron chi connectivity index (χ2n) is 5.31. The summed E-state index contributed by atoms with van der Waals surface area (Å²) < 4.78 is 0. The summed E-state index contributed by atoms with van der Waals surface area (Å²) in [6.07, 6.45) is 0.173. The van der Waals surface area contributed by atoms with Gasteiger partial charge in [0.1, 0.15) is 6.07 Å². The van der Waals surface area contributed by atoms with Crippen LogP contribution in [0.2, 0.25) is 0 Å². The summed E-state index contributed by atoms with van der Waals surface area (Å²) in [6.45, 7) is 2.11. The maximum atomic E-state index is 12.0. The first-order valence-electron chi connectivity index (χ1n) is 7.69. The Bertz CT molecular complexity index is 751. The van der Waals surface area contributed by atoms with Crippen LogP contribution >= 0.6 is 0 Å². The van der Waals surface area contributed by atoms with Crippen molar-refractivity contribution < 1.29 is 9.59 Å². The smallest absolute Gasteiger partial charge is 0.223 e. The number of hydrogen-bond donors (Lipinski definition) is 1. The zero-order valence-electron chi connectivity index (χ0n) is 13.5. The molecule has 0 aliphatic carbocycles. The summed E-state index contributed by atoms with van der Waals surface area (Å²) in [7, 11) is 0. The van der Waals surface area contributed by atoms with Gasteiger partial charge < -0.3 is 10.2 Å². The Hall–Kier alpha value is -3.13. The summed E-state index contributed by atoms with van der Waals surface area (Å²) in [5, 5.41) is 12.0. The Morgan fingerprint density at radius 3 is 2.42 bits per heavy atom. The Morgan fingerprint density at radius 2 is 1.75 bits per heavy atom. The van der Waals surface area contributed by atoms with Crippen molar-refractivity contribution in [3.8, 4) is 6.07 Å². The van der Waals surface area contributed by atoms with E-state index in [0.717, 1.165) is 5.56 Å². The fraction of sp³-hybridized carbons (Fsp3) is 0.211. The number of rotatable bonds is 6. The minimum absolute atomic E-state index is 0.139. The fourth-order valence-electron chi connectivity index (χ4n) is 2.35. The van der Waals surface area contributed by atoms with Gasteiger partial charge in [0.25, 0.3) is 0 Å². The number of amides is 2. The fourth-order valence-corrected chi connectivity index (χ4v) is 2.35. The highest BCUT2D eigenvalue weighted by Crippen LogP contribution is 2.20. The van der Waals surface area contributed by atoms with E-state index in [1.807, 2.05) is 30.3 Å².